The van der Waals surface area contributed by atoms with Crippen molar-refractivity contribution >= 4 is 5.91 Å². The summed E-state index contributed by atoms with van der Waals surface area (Å²) in [5.74, 6) is 0.435. The second-order valence-electron chi connectivity index (χ2n) is 4.84. The molecule has 1 amide bonds. The van der Waals surface area contributed by atoms with Crippen molar-refractivity contribution in [3.8, 4) is 0 Å². The van der Waals surface area contributed by atoms with Gasteiger partial charge >= 0.3 is 0 Å². The SMILES string of the molecule is CCN(CC1CCNCC1)C(=O)c1ccc(=O)[nH]n1. The Morgan fingerprint density at radius 3 is 2.74 bits per heavy atom. The van der Waals surface area contributed by atoms with E-state index < -0.39 is 0 Å². The minimum absolute atomic E-state index is 0.114. The molecule has 0 radical (unpaired) electrons. The van der Waals surface area contributed by atoms with Crippen LogP contribution in [0.1, 0.15) is 30.3 Å². The Hall–Kier alpha value is -1.69. The van der Waals surface area contributed by atoms with Crippen LogP contribution in [0, 0.1) is 5.92 Å². The highest BCUT2D eigenvalue weighted by molar-refractivity contribution is 5.92. The fourth-order valence-corrected chi connectivity index (χ4v) is 2.36. The standard InChI is InChI=1S/C13H20N4O2/c1-2-17(9-10-5-7-14-8-6-10)13(19)11-3-4-12(18)16-15-11/h3-4,10,14H,2,5-9H2,1H3,(H,16,18). The highest BCUT2D eigenvalue weighted by Gasteiger charge is 2.21. The van der Waals surface area contributed by atoms with Crippen molar-refractivity contribution in [1.82, 2.24) is 20.4 Å². The first-order valence-corrected chi connectivity index (χ1v) is 6.76. The van der Waals surface area contributed by atoms with Crippen LogP contribution in [0.4, 0.5) is 0 Å². The van der Waals surface area contributed by atoms with Gasteiger partial charge in [-0.3, -0.25) is 9.59 Å². The molecule has 2 rings (SSSR count). The molecule has 6 nitrogen and oxygen atoms in total. The van der Waals surface area contributed by atoms with Crippen LogP contribution in [-0.4, -0.2) is 47.2 Å². The molecule has 1 aliphatic heterocycles. The largest absolute Gasteiger partial charge is 0.337 e. The van der Waals surface area contributed by atoms with E-state index in [1.807, 2.05) is 6.92 Å². The molecule has 1 aliphatic rings. The molecule has 0 aromatic carbocycles. The zero-order chi connectivity index (χ0) is 13.7. The maximum atomic E-state index is 12.3. The molecule has 0 atom stereocenters. The summed E-state index contributed by atoms with van der Waals surface area (Å²) in [7, 11) is 0. The number of hydrogen-bond acceptors (Lipinski definition) is 4. The number of hydrogen-bond donors (Lipinski definition) is 2. The van der Waals surface area contributed by atoms with Gasteiger partial charge in [-0.2, -0.15) is 5.10 Å². The van der Waals surface area contributed by atoms with Gasteiger partial charge in [0.25, 0.3) is 11.5 Å². The lowest BCUT2D eigenvalue weighted by Gasteiger charge is -2.29. The van der Waals surface area contributed by atoms with Crippen molar-refractivity contribution in [2.24, 2.45) is 5.92 Å². The highest BCUT2D eigenvalue weighted by Crippen LogP contribution is 2.14. The molecule has 19 heavy (non-hydrogen) atoms. The molecular formula is C13H20N4O2. The minimum atomic E-state index is -0.294. The fraction of sp³-hybridized carbons (Fsp3) is 0.615. The van der Waals surface area contributed by atoms with Crippen molar-refractivity contribution in [2.75, 3.05) is 26.2 Å². The van der Waals surface area contributed by atoms with E-state index in [-0.39, 0.29) is 11.5 Å². The number of rotatable bonds is 4. The summed E-state index contributed by atoms with van der Waals surface area (Å²) in [4.78, 5) is 25.0. The molecule has 0 bridgehead atoms. The van der Waals surface area contributed by atoms with E-state index in [9.17, 15) is 9.59 Å². The summed E-state index contributed by atoms with van der Waals surface area (Å²) < 4.78 is 0. The summed E-state index contributed by atoms with van der Waals surface area (Å²) in [6.45, 7) is 5.42. The van der Waals surface area contributed by atoms with Crippen LogP contribution in [0.25, 0.3) is 0 Å². The van der Waals surface area contributed by atoms with Crippen molar-refractivity contribution < 1.29 is 4.79 Å². The van der Waals surface area contributed by atoms with E-state index in [1.165, 1.54) is 12.1 Å². The third-order valence-electron chi connectivity index (χ3n) is 3.50. The topological polar surface area (TPSA) is 78.1 Å². The van der Waals surface area contributed by atoms with Crippen molar-refractivity contribution in [2.45, 2.75) is 19.8 Å². The van der Waals surface area contributed by atoms with Gasteiger partial charge in [0, 0.05) is 19.2 Å². The van der Waals surface area contributed by atoms with Gasteiger partial charge in [-0.25, -0.2) is 5.10 Å². The predicted molar refractivity (Wildman–Crippen MR) is 72.0 cm³/mol. The number of H-pyrrole nitrogens is 1. The Kier molecular flexibility index (Phi) is 4.68. The zero-order valence-electron chi connectivity index (χ0n) is 11.2. The van der Waals surface area contributed by atoms with Gasteiger partial charge in [-0.15, -0.1) is 0 Å². The normalized spacial score (nSPS) is 16.3. The van der Waals surface area contributed by atoms with Gasteiger partial charge in [-0.05, 0) is 44.8 Å². The molecule has 1 fully saturated rings. The van der Waals surface area contributed by atoms with Gasteiger partial charge < -0.3 is 10.2 Å². The quantitative estimate of drug-likeness (QED) is 0.816. The number of amides is 1. The van der Waals surface area contributed by atoms with Crippen LogP contribution in [0.5, 0.6) is 0 Å². The number of aromatic nitrogens is 2. The molecule has 0 unspecified atom stereocenters. The molecule has 6 heteroatoms. The number of carbonyl (C=O) groups is 1. The fourth-order valence-electron chi connectivity index (χ4n) is 2.36. The second-order valence-corrected chi connectivity index (χ2v) is 4.84. The van der Waals surface area contributed by atoms with Crippen LogP contribution in [0.2, 0.25) is 0 Å². The van der Waals surface area contributed by atoms with Gasteiger partial charge in [-0.1, -0.05) is 0 Å². The third-order valence-corrected chi connectivity index (χ3v) is 3.50. The average molecular weight is 264 g/mol. The van der Waals surface area contributed by atoms with Crippen molar-refractivity contribution in [1.29, 1.82) is 0 Å². The molecule has 104 valence electrons. The highest BCUT2D eigenvalue weighted by atomic mass is 16.2. The Balaban J connectivity index is 2.01. The van der Waals surface area contributed by atoms with Gasteiger partial charge in [0.2, 0.25) is 0 Å². The molecule has 0 saturated carbocycles. The number of nitrogens with zero attached hydrogens (tertiary/aromatic N) is 2. The van der Waals surface area contributed by atoms with Crippen LogP contribution in [-0.2, 0) is 0 Å². The van der Waals surface area contributed by atoms with E-state index in [0.29, 0.717) is 18.2 Å². The maximum Gasteiger partial charge on any atom is 0.274 e. The van der Waals surface area contributed by atoms with E-state index in [2.05, 4.69) is 15.5 Å². The van der Waals surface area contributed by atoms with Crippen molar-refractivity contribution in [3.63, 3.8) is 0 Å². The first-order chi connectivity index (χ1) is 9.20. The van der Waals surface area contributed by atoms with Gasteiger partial charge in [0.05, 0.1) is 0 Å². The van der Waals surface area contributed by atoms with Gasteiger partial charge in [0.1, 0.15) is 5.69 Å². The van der Waals surface area contributed by atoms with Crippen LogP contribution < -0.4 is 10.9 Å². The summed E-state index contributed by atoms with van der Waals surface area (Å²) in [6, 6.07) is 2.81. The summed E-state index contributed by atoms with van der Waals surface area (Å²) in [5.41, 5.74) is 0.00772. The zero-order valence-corrected chi connectivity index (χ0v) is 11.2. The lowest BCUT2D eigenvalue weighted by atomic mass is 9.97. The second kappa shape index (κ2) is 6.47. The van der Waals surface area contributed by atoms with Crippen molar-refractivity contribution in [3.05, 3.63) is 28.2 Å². The molecule has 2 heterocycles. The first-order valence-electron chi connectivity index (χ1n) is 6.76. The average Bonchev–Trinajstić information content (AvgIpc) is 2.46. The van der Waals surface area contributed by atoms with E-state index >= 15 is 0 Å². The molecule has 0 aliphatic carbocycles. The number of piperidine rings is 1. The van der Waals surface area contributed by atoms with E-state index in [1.54, 1.807) is 4.90 Å². The Morgan fingerprint density at radius 1 is 1.42 bits per heavy atom. The number of carbonyl (C=O) groups excluding carboxylic acids is 1. The summed E-state index contributed by atoms with van der Waals surface area (Å²) >= 11 is 0. The number of nitrogens with one attached hydrogen (secondary N) is 2. The molecular weight excluding hydrogens is 244 g/mol. The van der Waals surface area contributed by atoms with Crippen LogP contribution >= 0.6 is 0 Å². The predicted octanol–water partition coefficient (Wildman–Crippen LogP) is 0.232. The van der Waals surface area contributed by atoms with E-state index in [0.717, 1.165) is 32.5 Å². The van der Waals surface area contributed by atoms with E-state index in [4.69, 9.17) is 0 Å². The minimum Gasteiger partial charge on any atom is -0.337 e. The molecule has 1 aromatic heterocycles. The summed E-state index contributed by atoms with van der Waals surface area (Å²) in [5, 5.41) is 9.42. The monoisotopic (exact) mass is 264 g/mol. The lowest BCUT2D eigenvalue weighted by Crippen LogP contribution is -2.39. The maximum absolute atomic E-state index is 12.3. The summed E-state index contributed by atoms with van der Waals surface area (Å²) in [6.07, 6.45) is 2.20. The third kappa shape index (κ3) is 3.64. The Bertz CT molecular complexity index is 459. The Morgan fingerprint density at radius 2 is 2.16 bits per heavy atom. The van der Waals surface area contributed by atoms with Gasteiger partial charge in [0.15, 0.2) is 0 Å². The molecule has 1 aromatic rings. The first kappa shape index (κ1) is 13.7. The van der Waals surface area contributed by atoms with Crippen LogP contribution in [0.3, 0.4) is 0 Å². The molecule has 1 saturated heterocycles. The molecule has 0 spiro atoms. The number of aromatic amines is 1. The molecule has 2 N–H and O–H groups in total. The smallest absolute Gasteiger partial charge is 0.274 e. The van der Waals surface area contributed by atoms with Crippen LogP contribution in [0.15, 0.2) is 16.9 Å². The lowest BCUT2D eigenvalue weighted by molar-refractivity contribution is 0.0719. The Labute approximate surface area is 112 Å².